The smallest absolute Gasteiger partial charge is 0.145 e. The Labute approximate surface area is 129 Å². The number of benzene rings is 1. The second kappa shape index (κ2) is 12.3. The number of carbonyl (C=O) groups is 1. The van der Waals surface area contributed by atoms with Gasteiger partial charge in [-0.1, -0.05) is 62.1 Å². The van der Waals surface area contributed by atoms with E-state index in [0.29, 0.717) is 0 Å². The molecule has 0 saturated heterocycles. The Morgan fingerprint density at radius 3 is 2.38 bits per heavy atom. The van der Waals surface area contributed by atoms with Gasteiger partial charge < -0.3 is 4.74 Å². The third-order valence-electron chi connectivity index (χ3n) is 3.51. The summed E-state index contributed by atoms with van der Waals surface area (Å²) in [6, 6.07) is 10.3. The van der Waals surface area contributed by atoms with E-state index in [2.05, 4.69) is 12.1 Å². The van der Waals surface area contributed by atoms with Gasteiger partial charge in [0.25, 0.3) is 0 Å². The SMILES string of the molecule is C/C(C=O)=C\CCCCCCCCOCc1ccccc1. The Bertz CT molecular complexity index is 395. The molecule has 1 aromatic rings. The maximum atomic E-state index is 10.4. The number of hydrogen-bond donors (Lipinski definition) is 0. The van der Waals surface area contributed by atoms with E-state index in [4.69, 9.17) is 4.74 Å². The molecule has 0 atom stereocenters. The number of hydrogen-bond acceptors (Lipinski definition) is 2. The third-order valence-corrected chi connectivity index (χ3v) is 3.51. The van der Waals surface area contributed by atoms with Gasteiger partial charge in [-0.3, -0.25) is 4.79 Å². The van der Waals surface area contributed by atoms with Crippen molar-refractivity contribution >= 4 is 6.29 Å². The van der Waals surface area contributed by atoms with Crippen molar-refractivity contribution in [1.29, 1.82) is 0 Å². The first-order valence-electron chi connectivity index (χ1n) is 8.06. The summed E-state index contributed by atoms with van der Waals surface area (Å²) in [5.74, 6) is 0. The lowest BCUT2D eigenvalue weighted by Crippen LogP contribution is -1.95. The highest BCUT2D eigenvalue weighted by Gasteiger charge is 1.94. The van der Waals surface area contributed by atoms with Crippen LogP contribution < -0.4 is 0 Å². The Hall–Kier alpha value is -1.41. The van der Waals surface area contributed by atoms with Gasteiger partial charge in [-0.25, -0.2) is 0 Å². The summed E-state index contributed by atoms with van der Waals surface area (Å²) in [5.41, 5.74) is 2.10. The Balaban J connectivity index is 1.84. The fraction of sp³-hybridized carbons (Fsp3) is 0.526. The van der Waals surface area contributed by atoms with Crippen LogP contribution in [0.2, 0.25) is 0 Å². The van der Waals surface area contributed by atoms with Crippen LogP contribution in [0.15, 0.2) is 42.0 Å². The number of carbonyl (C=O) groups excluding carboxylic acids is 1. The molecule has 0 amide bonds. The van der Waals surface area contributed by atoms with Gasteiger partial charge in [0.05, 0.1) is 6.61 Å². The highest BCUT2D eigenvalue weighted by atomic mass is 16.5. The molecule has 0 heterocycles. The monoisotopic (exact) mass is 288 g/mol. The highest BCUT2D eigenvalue weighted by molar-refractivity contribution is 5.71. The molecule has 21 heavy (non-hydrogen) atoms. The van der Waals surface area contributed by atoms with Crippen molar-refractivity contribution in [1.82, 2.24) is 0 Å². The van der Waals surface area contributed by atoms with Crippen LogP contribution in [0.3, 0.4) is 0 Å². The van der Waals surface area contributed by atoms with Crippen molar-refractivity contribution in [3.05, 3.63) is 47.5 Å². The topological polar surface area (TPSA) is 26.3 Å². The molecule has 0 aliphatic carbocycles. The summed E-state index contributed by atoms with van der Waals surface area (Å²) in [6.07, 6.45) is 11.4. The molecular formula is C19H28O2. The van der Waals surface area contributed by atoms with Gasteiger partial charge in [-0.15, -0.1) is 0 Å². The van der Waals surface area contributed by atoms with Gasteiger partial charge in [-0.05, 0) is 37.3 Å². The Morgan fingerprint density at radius 1 is 1.00 bits per heavy atom. The van der Waals surface area contributed by atoms with Gasteiger partial charge in [0.1, 0.15) is 6.29 Å². The van der Waals surface area contributed by atoms with Crippen molar-refractivity contribution in [3.8, 4) is 0 Å². The second-order valence-electron chi connectivity index (χ2n) is 5.51. The summed E-state index contributed by atoms with van der Waals surface area (Å²) in [6.45, 7) is 3.45. The maximum absolute atomic E-state index is 10.4. The molecule has 0 aromatic heterocycles. The minimum absolute atomic E-state index is 0.725. The van der Waals surface area contributed by atoms with Crippen molar-refractivity contribution in [2.75, 3.05) is 6.61 Å². The van der Waals surface area contributed by atoms with Crippen molar-refractivity contribution in [2.24, 2.45) is 0 Å². The first kappa shape index (κ1) is 17.6. The first-order chi connectivity index (χ1) is 10.3. The van der Waals surface area contributed by atoms with E-state index in [1.165, 1.54) is 37.7 Å². The molecule has 0 unspecified atom stereocenters. The van der Waals surface area contributed by atoms with Gasteiger partial charge in [0, 0.05) is 6.61 Å². The molecule has 2 heteroatoms. The molecule has 1 rings (SSSR count). The summed E-state index contributed by atoms with van der Waals surface area (Å²) >= 11 is 0. The van der Waals surface area contributed by atoms with Gasteiger partial charge in [0.2, 0.25) is 0 Å². The predicted molar refractivity (Wildman–Crippen MR) is 88.2 cm³/mol. The molecular weight excluding hydrogens is 260 g/mol. The standard InChI is InChI=1S/C19H28O2/c1-18(16-20)12-8-5-3-2-4-6-11-15-21-17-19-13-9-7-10-14-19/h7,9-10,12-14,16H,2-6,8,11,15,17H2,1H3/b18-12+. The van der Waals surface area contributed by atoms with Crippen molar-refractivity contribution < 1.29 is 9.53 Å². The fourth-order valence-electron chi connectivity index (χ4n) is 2.20. The molecule has 0 aliphatic rings. The van der Waals surface area contributed by atoms with E-state index in [-0.39, 0.29) is 0 Å². The normalized spacial score (nSPS) is 11.6. The predicted octanol–water partition coefficient (Wildman–Crippen LogP) is 5.08. The summed E-state index contributed by atoms with van der Waals surface area (Å²) in [7, 11) is 0. The van der Waals surface area contributed by atoms with Crippen molar-refractivity contribution in [3.63, 3.8) is 0 Å². The van der Waals surface area contributed by atoms with Crippen LogP contribution in [0.4, 0.5) is 0 Å². The molecule has 2 nitrogen and oxygen atoms in total. The largest absolute Gasteiger partial charge is 0.377 e. The van der Waals surface area contributed by atoms with Crippen LogP contribution in [0, 0.1) is 0 Å². The molecule has 0 radical (unpaired) electrons. The number of unbranched alkanes of at least 4 members (excludes halogenated alkanes) is 6. The quantitative estimate of drug-likeness (QED) is 0.304. The van der Waals surface area contributed by atoms with Crippen LogP contribution >= 0.6 is 0 Å². The zero-order chi connectivity index (χ0) is 15.2. The zero-order valence-corrected chi connectivity index (χ0v) is 13.2. The van der Waals surface area contributed by atoms with Crippen LogP contribution in [-0.2, 0) is 16.1 Å². The van der Waals surface area contributed by atoms with Gasteiger partial charge in [-0.2, -0.15) is 0 Å². The second-order valence-corrected chi connectivity index (χ2v) is 5.51. The average molecular weight is 288 g/mol. The van der Waals surface area contributed by atoms with Crippen LogP contribution in [0.5, 0.6) is 0 Å². The van der Waals surface area contributed by atoms with Gasteiger partial charge >= 0.3 is 0 Å². The third kappa shape index (κ3) is 10.0. The molecule has 0 aliphatic heterocycles. The van der Waals surface area contributed by atoms with Crippen LogP contribution in [-0.4, -0.2) is 12.9 Å². The number of allylic oxidation sites excluding steroid dienone is 2. The number of aldehydes is 1. The molecule has 0 bridgehead atoms. The maximum Gasteiger partial charge on any atom is 0.145 e. The van der Waals surface area contributed by atoms with Crippen LogP contribution in [0.25, 0.3) is 0 Å². The Kier molecular flexibility index (Phi) is 10.4. The molecule has 0 spiro atoms. The molecule has 0 saturated carbocycles. The minimum atomic E-state index is 0.725. The summed E-state index contributed by atoms with van der Waals surface area (Å²) in [5, 5.41) is 0. The summed E-state index contributed by atoms with van der Waals surface area (Å²) in [4.78, 5) is 10.4. The minimum Gasteiger partial charge on any atom is -0.377 e. The van der Waals surface area contributed by atoms with E-state index in [9.17, 15) is 4.79 Å². The van der Waals surface area contributed by atoms with E-state index in [1.54, 1.807) is 0 Å². The lowest BCUT2D eigenvalue weighted by atomic mass is 10.1. The first-order valence-corrected chi connectivity index (χ1v) is 8.06. The van der Waals surface area contributed by atoms with Crippen molar-refractivity contribution in [2.45, 2.75) is 58.5 Å². The summed E-state index contributed by atoms with van der Waals surface area (Å²) < 4.78 is 5.66. The van der Waals surface area contributed by atoms with E-state index >= 15 is 0 Å². The number of ether oxygens (including phenoxy) is 1. The number of rotatable bonds is 12. The zero-order valence-electron chi connectivity index (χ0n) is 13.2. The molecule has 0 N–H and O–H groups in total. The average Bonchev–Trinajstić information content (AvgIpc) is 2.53. The molecule has 0 fully saturated rings. The Morgan fingerprint density at radius 2 is 1.67 bits per heavy atom. The lowest BCUT2D eigenvalue weighted by Gasteiger charge is -2.04. The van der Waals surface area contributed by atoms with E-state index in [0.717, 1.165) is 37.9 Å². The lowest BCUT2D eigenvalue weighted by molar-refractivity contribution is -0.104. The van der Waals surface area contributed by atoms with Crippen LogP contribution in [0.1, 0.15) is 57.4 Å². The molecule has 1 aromatic carbocycles. The molecule has 116 valence electrons. The fourth-order valence-corrected chi connectivity index (χ4v) is 2.20. The van der Waals surface area contributed by atoms with E-state index < -0.39 is 0 Å². The highest BCUT2D eigenvalue weighted by Crippen LogP contribution is 2.09. The van der Waals surface area contributed by atoms with Gasteiger partial charge in [0.15, 0.2) is 0 Å². The van der Waals surface area contributed by atoms with E-state index in [1.807, 2.05) is 31.2 Å².